The highest BCUT2D eigenvalue weighted by molar-refractivity contribution is 5.85. The van der Waals surface area contributed by atoms with Gasteiger partial charge in [-0.1, -0.05) is 63.7 Å². The molecule has 0 aliphatic heterocycles. The van der Waals surface area contributed by atoms with E-state index in [2.05, 4.69) is 30.4 Å². The number of hydrogen-bond donors (Lipinski definition) is 0. The number of carbonyl (C=O) groups excluding carboxylic acids is 1. The molecular formula is C17H29FO2. The van der Waals surface area contributed by atoms with Gasteiger partial charge in [0, 0.05) is 0 Å². The highest BCUT2D eigenvalue weighted by Crippen LogP contribution is 2.11. The fraction of sp³-hybridized carbons (Fsp3) is 0.706. The first-order valence-corrected chi connectivity index (χ1v) is 7.81. The zero-order valence-electron chi connectivity index (χ0n) is 12.8. The number of unbranched alkanes of at least 4 members (excludes halogenated alkanes) is 9. The van der Waals surface area contributed by atoms with E-state index in [1.807, 2.05) is 0 Å². The van der Waals surface area contributed by atoms with E-state index in [0.717, 1.165) is 19.3 Å². The molecule has 0 fully saturated rings. The number of ether oxygens (including phenoxy) is 1. The number of allylic oxidation sites excluding steroid dienone is 2. The Hall–Kier alpha value is -1.12. The van der Waals surface area contributed by atoms with Crippen LogP contribution in [-0.4, -0.2) is 12.6 Å². The Kier molecular flexibility index (Phi) is 13.5. The summed E-state index contributed by atoms with van der Waals surface area (Å²) in [5, 5.41) is 0. The lowest BCUT2D eigenvalue weighted by molar-refractivity contribution is -0.140. The van der Waals surface area contributed by atoms with Gasteiger partial charge in [0.15, 0.2) is 0 Å². The van der Waals surface area contributed by atoms with Gasteiger partial charge in [-0.2, -0.15) is 4.39 Å². The molecule has 0 aromatic rings. The van der Waals surface area contributed by atoms with Crippen LogP contribution < -0.4 is 0 Å². The molecule has 0 radical (unpaired) electrons. The molecule has 0 rings (SSSR count). The Balaban J connectivity index is 3.10. The minimum atomic E-state index is -1.01. The summed E-state index contributed by atoms with van der Waals surface area (Å²) in [5.41, 5.74) is 0. The molecule has 0 spiro atoms. The molecule has 20 heavy (non-hydrogen) atoms. The Morgan fingerprint density at radius 2 is 1.50 bits per heavy atom. The molecule has 116 valence electrons. The molecule has 0 amide bonds. The molecule has 0 unspecified atom stereocenters. The van der Waals surface area contributed by atoms with Gasteiger partial charge in [0.05, 0.1) is 6.61 Å². The Morgan fingerprint density at radius 1 is 1.00 bits per heavy atom. The zero-order chi connectivity index (χ0) is 15.1. The van der Waals surface area contributed by atoms with Crippen molar-refractivity contribution < 1.29 is 13.9 Å². The van der Waals surface area contributed by atoms with E-state index in [-0.39, 0.29) is 0 Å². The summed E-state index contributed by atoms with van der Waals surface area (Å²) in [6.07, 6.45) is 16.3. The van der Waals surface area contributed by atoms with E-state index in [1.54, 1.807) is 0 Å². The highest BCUT2D eigenvalue weighted by atomic mass is 19.1. The van der Waals surface area contributed by atoms with Gasteiger partial charge in [0.2, 0.25) is 5.83 Å². The van der Waals surface area contributed by atoms with Crippen LogP contribution in [0.1, 0.15) is 71.1 Å². The second kappa shape index (κ2) is 14.3. The average molecular weight is 284 g/mol. The maximum absolute atomic E-state index is 12.3. The van der Waals surface area contributed by atoms with E-state index >= 15 is 0 Å². The molecule has 0 saturated heterocycles. The largest absolute Gasteiger partial charge is 0.460 e. The van der Waals surface area contributed by atoms with Crippen LogP contribution in [0.5, 0.6) is 0 Å². The number of rotatable bonds is 13. The van der Waals surface area contributed by atoms with Crippen molar-refractivity contribution in [1.29, 1.82) is 0 Å². The molecule has 0 aromatic heterocycles. The van der Waals surface area contributed by atoms with Gasteiger partial charge in [-0.05, 0) is 26.2 Å². The summed E-state index contributed by atoms with van der Waals surface area (Å²) in [6.45, 7) is 5.25. The summed E-state index contributed by atoms with van der Waals surface area (Å²) in [4.78, 5) is 10.7. The predicted molar refractivity (Wildman–Crippen MR) is 82.2 cm³/mol. The Bertz CT molecular complexity index is 285. The van der Waals surface area contributed by atoms with Gasteiger partial charge in [0.1, 0.15) is 0 Å². The normalized spacial score (nSPS) is 10.9. The molecule has 3 heteroatoms. The zero-order valence-corrected chi connectivity index (χ0v) is 12.8. The first kappa shape index (κ1) is 18.9. The van der Waals surface area contributed by atoms with Gasteiger partial charge in [-0.15, -0.1) is 0 Å². The van der Waals surface area contributed by atoms with E-state index in [0.29, 0.717) is 6.61 Å². The third-order valence-corrected chi connectivity index (χ3v) is 3.21. The summed E-state index contributed by atoms with van der Waals surface area (Å²) in [6, 6.07) is 0. The first-order valence-electron chi connectivity index (χ1n) is 7.81. The fourth-order valence-corrected chi connectivity index (χ4v) is 2.01. The monoisotopic (exact) mass is 284 g/mol. The third-order valence-electron chi connectivity index (χ3n) is 3.21. The van der Waals surface area contributed by atoms with Crippen LogP contribution in [-0.2, 0) is 9.53 Å². The molecule has 2 nitrogen and oxygen atoms in total. The van der Waals surface area contributed by atoms with Crippen molar-refractivity contribution in [3.05, 3.63) is 24.6 Å². The molecule has 0 N–H and O–H groups in total. The third kappa shape index (κ3) is 13.3. The summed E-state index contributed by atoms with van der Waals surface area (Å²) >= 11 is 0. The van der Waals surface area contributed by atoms with Crippen LogP contribution in [0.2, 0.25) is 0 Å². The number of carbonyl (C=O) groups is 1. The fourth-order valence-electron chi connectivity index (χ4n) is 2.01. The molecule has 0 atom stereocenters. The summed E-state index contributed by atoms with van der Waals surface area (Å²) < 4.78 is 16.9. The number of esters is 1. The van der Waals surface area contributed by atoms with Crippen molar-refractivity contribution in [3.63, 3.8) is 0 Å². The SMILES string of the molecule is C=C(F)C(=O)OCCCCCCCCCCCC=CC. The van der Waals surface area contributed by atoms with Crippen LogP contribution in [0.25, 0.3) is 0 Å². The van der Waals surface area contributed by atoms with Crippen molar-refractivity contribution in [3.8, 4) is 0 Å². The minimum Gasteiger partial charge on any atom is -0.460 e. The lowest BCUT2D eigenvalue weighted by Crippen LogP contribution is -2.05. The highest BCUT2D eigenvalue weighted by Gasteiger charge is 2.05. The van der Waals surface area contributed by atoms with Crippen LogP contribution in [0.4, 0.5) is 4.39 Å². The van der Waals surface area contributed by atoms with Gasteiger partial charge >= 0.3 is 5.97 Å². The Morgan fingerprint density at radius 3 is 2.00 bits per heavy atom. The lowest BCUT2D eigenvalue weighted by Gasteiger charge is -2.03. The van der Waals surface area contributed by atoms with Crippen molar-refractivity contribution >= 4 is 5.97 Å². The van der Waals surface area contributed by atoms with E-state index < -0.39 is 11.8 Å². The van der Waals surface area contributed by atoms with Crippen LogP contribution in [0, 0.1) is 0 Å². The van der Waals surface area contributed by atoms with Crippen LogP contribution >= 0.6 is 0 Å². The second-order valence-electron chi connectivity index (χ2n) is 5.08. The van der Waals surface area contributed by atoms with Gasteiger partial charge in [-0.25, -0.2) is 4.79 Å². The minimum absolute atomic E-state index is 0.298. The van der Waals surface area contributed by atoms with Gasteiger partial charge in [-0.3, -0.25) is 0 Å². The topological polar surface area (TPSA) is 26.3 Å². The first-order chi connectivity index (χ1) is 9.68. The molecule has 0 heterocycles. The predicted octanol–water partition coefficient (Wildman–Crippen LogP) is 5.49. The molecule has 0 saturated carbocycles. The standard InChI is InChI=1S/C17H29FO2/c1-3-4-5-6-7-8-9-10-11-12-13-14-15-20-17(19)16(2)18/h3-4H,2,5-15H2,1H3. The maximum atomic E-state index is 12.3. The van der Waals surface area contributed by atoms with Crippen LogP contribution in [0.3, 0.4) is 0 Å². The molecule has 0 aliphatic rings. The molecule has 0 aliphatic carbocycles. The van der Waals surface area contributed by atoms with Crippen LogP contribution in [0.15, 0.2) is 24.6 Å². The quantitative estimate of drug-likeness (QED) is 0.193. The maximum Gasteiger partial charge on any atom is 0.366 e. The molecule has 0 aromatic carbocycles. The van der Waals surface area contributed by atoms with Gasteiger partial charge < -0.3 is 4.74 Å². The lowest BCUT2D eigenvalue weighted by atomic mass is 10.1. The summed E-state index contributed by atoms with van der Waals surface area (Å²) in [7, 11) is 0. The van der Waals surface area contributed by atoms with Gasteiger partial charge in [0.25, 0.3) is 0 Å². The van der Waals surface area contributed by atoms with E-state index in [4.69, 9.17) is 0 Å². The smallest absolute Gasteiger partial charge is 0.366 e. The van der Waals surface area contributed by atoms with Crippen molar-refractivity contribution in [1.82, 2.24) is 0 Å². The van der Waals surface area contributed by atoms with Crippen molar-refractivity contribution in [2.24, 2.45) is 0 Å². The number of hydrogen-bond acceptors (Lipinski definition) is 2. The van der Waals surface area contributed by atoms with Crippen molar-refractivity contribution in [2.45, 2.75) is 71.1 Å². The Labute approximate surface area is 123 Å². The number of halogens is 1. The second-order valence-corrected chi connectivity index (χ2v) is 5.08. The van der Waals surface area contributed by atoms with Crippen molar-refractivity contribution in [2.75, 3.05) is 6.61 Å². The molecule has 0 bridgehead atoms. The molecular weight excluding hydrogens is 255 g/mol. The average Bonchev–Trinajstić information content (AvgIpc) is 2.43. The van der Waals surface area contributed by atoms with E-state index in [1.165, 1.54) is 44.9 Å². The summed E-state index contributed by atoms with van der Waals surface area (Å²) in [5.74, 6) is -1.94. The van der Waals surface area contributed by atoms with E-state index in [9.17, 15) is 9.18 Å².